The lowest BCUT2D eigenvalue weighted by Crippen LogP contribution is -2.15. The molecule has 0 saturated heterocycles. The van der Waals surface area contributed by atoms with Crippen molar-refractivity contribution in [2.45, 2.75) is 5.38 Å². The SMILES string of the molecule is Clc1ccc(Br)cc1C(Cl)c1cc2c(cc1Br)OCCO2. The minimum Gasteiger partial charge on any atom is -0.486 e. The lowest BCUT2D eigenvalue weighted by Gasteiger charge is -2.22. The minimum absolute atomic E-state index is 0.389. The van der Waals surface area contributed by atoms with Crippen molar-refractivity contribution in [3.8, 4) is 11.5 Å². The zero-order valence-electron chi connectivity index (χ0n) is 10.7. The van der Waals surface area contributed by atoms with Gasteiger partial charge in [0, 0.05) is 14.0 Å². The number of rotatable bonds is 2. The zero-order valence-corrected chi connectivity index (χ0v) is 15.4. The van der Waals surface area contributed by atoms with E-state index in [1.165, 1.54) is 0 Å². The van der Waals surface area contributed by atoms with Crippen molar-refractivity contribution < 1.29 is 9.47 Å². The summed E-state index contributed by atoms with van der Waals surface area (Å²) in [6, 6.07) is 9.40. The van der Waals surface area contributed by atoms with Crippen LogP contribution in [0, 0.1) is 0 Å². The van der Waals surface area contributed by atoms with E-state index in [0.29, 0.717) is 24.0 Å². The Labute approximate surface area is 149 Å². The van der Waals surface area contributed by atoms with Gasteiger partial charge in [-0.1, -0.05) is 43.5 Å². The average Bonchev–Trinajstić information content (AvgIpc) is 2.48. The average molecular weight is 453 g/mol. The van der Waals surface area contributed by atoms with E-state index < -0.39 is 0 Å². The molecule has 0 aromatic heterocycles. The largest absolute Gasteiger partial charge is 0.486 e. The monoisotopic (exact) mass is 450 g/mol. The quantitative estimate of drug-likeness (QED) is 0.523. The van der Waals surface area contributed by atoms with Crippen LogP contribution in [0.5, 0.6) is 11.5 Å². The Morgan fingerprint density at radius 2 is 1.62 bits per heavy atom. The molecule has 0 N–H and O–H groups in total. The molecule has 0 saturated carbocycles. The molecule has 0 amide bonds. The second kappa shape index (κ2) is 6.37. The van der Waals surface area contributed by atoms with E-state index in [1.54, 1.807) is 0 Å². The lowest BCUT2D eigenvalue weighted by atomic mass is 10.0. The first-order chi connectivity index (χ1) is 10.1. The third-order valence-electron chi connectivity index (χ3n) is 3.17. The molecule has 0 aliphatic carbocycles. The normalized spacial score (nSPS) is 14.9. The van der Waals surface area contributed by atoms with Crippen LogP contribution >= 0.6 is 55.1 Å². The minimum atomic E-state index is -0.389. The fourth-order valence-electron chi connectivity index (χ4n) is 2.15. The molecule has 0 fully saturated rings. The summed E-state index contributed by atoms with van der Waals surface area (Å²) in [5, 5.41) is 0.236. The molecule has 1 atom stereocenters. The predicted molar refractivity (Wildman–Crippen MR) is 92.0 cm³/mol. The van der Waals surface area contributed by atoms with Gasteiger partial charge in [0.1, 0.15) is 13.2 Å². The third-order valence-corrected chi connectivity index (χ3v) is 5.16. The Bertz CT molecular complexity index is 692. The molecular formula is C15H10Br2Cl2O2. The Balaban J connectivity index is 2.05. The molecule has 0 radical (unpaired) electrons. The maximum absolute atomic E-state index is 6.62. The summed E-state index contributed by atoms with van der Waals surface area (Å²) < 4.78 is 13.0. The number of halogens is 4. The van der Waals surface area contributed by atoms with Gasteiger partial charge < -0.3 is 9.47 Å². The molecule has 2 nitrogen and oxygen atoms in total. The van der Waals surface area contributed by atoms with Crippen LogP contribution in [0.25, 0.3) is 0 Å². The summed E-state index contributed by atoms with van der Waals surface area (Å²) in [4.78, 5) is 0. The van der Waals surface area contributed by atoms with Gasteiger partial charge in [0.15, 0.2) is 11.5 Å². The number of fused-ring (bicyclic) bond motifs is 1. The van der Waals surface area contributed by atoms with Crippen LogP contribution in [0.1, 0.15) is 16.5 Å². The Morgan fingerprint density at radius 1 is 0.952 bits per heavy atom. The first-order valence-electron chi connectivity index (χ1n) is 6.24. The molecular weight excluding hydrogens is 443 g/mol. The van der Waals surface area contributed by atoms with Crippen molar-refractivity contribution in [2.24, 2.45) is 0 Å². The van der Waals surface area contributed by atoms with Gasteiger partial charge in [-0.15, -0.1) is 11.6 Å². The number of hydrogen-bond donors (Lipinski definition) is 0. The maximum atomic E-state index is 6.62. The van der Waals surface area contributed by atoms with Gasteiger partial charge >= 0.3 is 0 Å². The molecule has 0 bridgehead atoms. The van der Waals surface area contributed by atoms with Crippen molar-refractivity contribution in [3.63, 3.8) is 0 Å². The fourth-order valence-corrected chi connectivity index (χ4v) is 3.86. The van der Waals surface area contributed by atoms with E-state index in [-0.39, 0.29) is 5.38 Å². The number of alkyl halides is 1. The lowest BCUT2D eigenvalue weighted by molar-refractivity contribution is 0.171. The van der Waals surface area contributed by atoms with Gasteiger partial charge in [-0.2, -0.15) is 0 Å². The standard InChI is InChI=1S/C15H10Br2Cl2O2/c16-8-1-2-12(18)10(5-8)15(19)9-6-13-14(7-11(9)17)21-4-3-20-13/h1-2,5-7,15H,3-4H2. The van der Waals surface area contributed by atoms with Crippen molar-refractivity contribution in [2.75, 3.05) is 13.2 Å². The van der Waals surface area contributed by atoms with E-state index in [4.69, 9.17) is 32.7 Å². The molecule has 21 heavy (non-hydrogen) atoms. The fraction of sp³-hybridized carbons (Fsp3) is 0.200. The highest BCUT2D eigenvalue weighted by molar-refractivity contribution is 9.10. The summed E-state index contributed by atoms with van der Waals surface area (Å²) in [5.74, 6) is 1.43. The van der Waals surface area contributed by atoms with Gasteiger partial charge in [0.25, 0.3) is 0 Å². The van der Waals surface area contributed by atoms with Crippen molar-refractivity contribution in [1.82, 2.24) is 0 Å². The van der Waals surface area contributed by atoms with Gasteiger partial charge in [-0.05, 0) is 41.5 Å². The number of hydrogen-bond acceptors (Lipinski definition) is 2. The molecule has 1 heterocycles. The number of ether oxygens (including phenoxy) is 2. The zero-order chi connectivity index (χ0) is 15.0. The van der Waals surface area contributed by atoms with Crippen LogP contribution in [0.15, 0.2) is 39.3 Å². The second-order valence-corrected chi connectivity index (χ2v) is 7.16. The molecule has 1 aliphatic heterocycles. The molecule has 0 spiro atoms. The molecule has 6 heteroatoms. The smallest absolute Gasteiger partial charge is 0.162 e. The molecule has 2 aromatic rings. The van der Waals surface area contributed by atoms with Crippen LogP contribution < -0.4 is 9.47 Å². The van der Waals surface area contributed by atoms with Gasteiger partial charge in [0.2, 0.25) is 0 Å². The van der Waals surface area contributed by atoms with E-state index in [2.05, 4.69) is 31.9 Å². The molecule has 3 rings (SSSR count). The highest BCUT2D eigenvalue weighted by Gasteiger charge is 2.22. The molecule has 2 aromatic carbocycles. The number of benzene rings is 2. The first kappa shape index (κ1) is 15.5. The van der Waals surface area contributed by atoms with Gasteiger partial charge in [-0.25, -0.2) is 0 Å². The van der Waals surface area contributed by atoms with Crippen LogP contribution in [-0.2, 0) is 0 Å². The maximum Gasteiger partial charge on any atom is 0.162 e. The Kier molecular flexibility index (Phi) is 4.69. The van der Waals surface area contributed by atoms with Crippen LogP contribution in [0.2, 0.25) is 5.02 Å². The predicted octanol–water partition coefficient (Wildman–Crippen LogP) is 5.96. The molecule has 1 unspecified atom stereocenters. The van der Waals surface area contributed by atoms with E-state index in [1.807, 2.05) is 30.3 Å². The van der Waals surface area contributed by atoms with Gasteiger partial charge in [0.05, 0.1) is 5.38 Å². The van der Waals surface area contributed by atoms with Crippen LogP contribution in [0.4, 0.5) is 0 Å². The van der Waals surface area contributed by atoms with Crippen molar-refractivity contribution in [3.05, 3.63) is 55.4 Å². The topological polar surface area (TPSA) is 18.5 Å². The van der Waals surface area contributed by atoms with Crippen LogP contribution in [0.3, 0.4) is 0 Å². The summed E-state index contributed by atoms with van der Waals surface area (Å²) in [6.07, 6.45) is 0. The Morgan fingerprint density at radius 3 is 2.33 bits per heavy atom. The first-order valence-corrected chi connectivity index (χ1v) is 8.64. The van der Waals surface area contributed by atoms with E-state index >= 15 is 0 Å². The van der Waals surface area contributed by atoms with Crippen LogP contribution in [-0.4, -0.2) is 13.2 Å². The van der Waals surface area contributed by atoms with E-state index in [0.717, 1.165) is 25.8 Å². The second-order valence-electron chi connectivity index (χ2n) is 4.55. The summed E-state index contributed by atoms with van der Waals surface area (Å²) >= 11 is 19.9. The summed E-state index contributed by atoms with van der Waals surface area (Å²) in [5.41, 5.74) is 1.73. The van der Waals surface area contributed by atoms with Gasteiger partial charge in [-0.3, -0.25) is 0 Å². The van der Waals surface area contributed by atoms with E-state index in [9.17, 15) is 0 Å². The highest BCUT2D eigenvalue weighted by Crippen LogP contribution is 2.43. The summed E-state index contributed by atoms with van der Waals surface area (Å²) in [7, 11) is 0. The third kappa shape index (κ3) is 3.19. The Hall–Kier alpha value is -0.420. The van der Waals surface area contributed by atoms with Crippen molar-refractivity contribution >= 4 is 55.1 Å². The van der Waals surface area contributed by atoms with Crippen molar-refractivity contribution in [1.29, 1.82) is 0 Å². The molecule has 1 aliphatic rings. The highest BCUT2D eigenvalue weighted by atomic mass is 79.9. The summed E-state index contributed by atoms with van der Waals surface area (Å²) in [6.45, 7) is 1.10. The molecule has 110 valence electrons.